The summed E-state index contributed by atoms with van der Waals surface area (Å²) in [5.41, 5.74) is 0. The standard InChI is InChI=1S/C8H13O2/c1-3-8(10)6-4-5-7(2)9/h1,3-6H2,2H3. The lowest BCUT2D eigenvalue weighted by Gasteiger charge is -1.93. The van der Waals surface area contributed by atoms with Gasteiger partial charge < -0.3 is 4.79 Å². The number of rotatable bonds is 5. The third-order valence-electron chi connectivity index (χ3n) is 1.26. The summed E-state index contributed by atoms with van der Waals surface area (Å²) >= 11 is 0. The van der Waals surface area contributed by atoms with Crippen molar-refractivity contribution in [2.45, 2.75) is 32.6 Å². The normalized spacial score (nSPS) is 9.40. The van der Waals surface area contributed by atoms with E-state index < -0.39 is 0 Å². The largest absolute Gasteiger partial charge is 0.300 e. The molecule has 0 atom stereocenters. The lowest BCUT2D eigenvalue weighted by molar-refractivity contribution is -0.119. The monoisotopic (exact) mass is 141 g/mol. The molecular formula is C8H13O2. The van der Waals surface area contributed by atoms with Crippen molar-refractivity contribution in [2.75, 3.05) is 0 Å². The van der Waals surface area contributed by atoms with E-state index in [2.05, 4.69) is 6.92 Å². The molecule has 0 bridgehead atoms. The van der Waals surface area contributed by atoms with Crippen molar-refractivity contribution in [3.63, 3.8) is 0 Å². The average molecular weight is 141 g/mol. The molecule has 57 valence electrons. The zero-order chi connectivity index (χ0) is 7.98. The van der Waals surface area contributed by atoms with Crippen LogP contribution in [0.1, 0.15) is 32.6 Å². The number of hydrogen-bond acceptors (Lipinski definition) is 2. The molecule has 0 aliphatic carbocycles. The number of Topliss-reactive ketones (excluding diaryl/α,β-unsaturated/α-hetero) is 2. The van der Waals surface area contributed by atoms with E-state index in [1.807, 2.05) is 0 Å². The van der Waals surface area contributed by atoms with E-state index in [1.54, 1.807) is 0 Å². The summed E-state index contributed by atoms with van der Waals surface area (Å²) in [6.45, 7) is 4.99. The second-order valence-corrected chi connectivity index (χ2v) is 2.34. The summed E-state index contributed by atoms with van der Waals surface area (Å²) in [4.78, 5) is 21.0. The fourth-order valence-corrected chi connectivity index (χ4v) is 0.660. The first kappa shape index (κ1) is 9.34. The van der Waals surface area contributed by atoms with Crippen LogP contribution in [0.3, 0.4) is 0 Å². The second-order valence-electron chi connectivity index (χ2n) is 2.34. The zero-order valence-electron chi connectivity index (χ0n) is 6.35. The molecule has 0 amide bonds. The molecule has 10 heavy (non-hydrogen) atoms. The molecule has 2 heteroatoms. The van der Waals surface area contributed by atoms with Crippen molar-refractivity contribution in [3.05, 3.63) is 6.92 Å². The molecular weight excluding hydrogens is 128 g/mol. The van der Waals surface area contributed by atoms with Gasteiger partial charge in [0.2, 0.25) is 0 Å². The van der Waals surface area contributed by atoms with Gasteiger partial charge in [0.1, 0.15) is 11.6 Å². The Labute approximate surface area is 61.6 Å². The topological polar surface area (TPSA) is 34.1 Å². The van der Waals surface area contributed by atoms with Gasteiger partial charge in [-0.15, -0.1) is 0 Å². The molecule has 0 spiro atoms. The predicted octanol–water partition coefficient (Wildman–Crippen LogP) is 1.54. The molecule has 1 radical (unpaired) electrons. The molecule has 0 aromatic carbocycles. The summed E-state index contributed by atoms with van der Waals surface area (Å²) in [5.74, 6) is 0.290. The van der Waals surface area contributed by atoms with Crippen LogP contribution in [-0.2, 0) is 9.59 Å². The van der Waals surface area contributed by atoms with Crippen molar-refractivity contribution in [2.24, 2.45) is 0 Å². The van der Waals surface area contributed by atoms with Gasteiger partial charge in [0.15, 0.2) is 0 Å². The predicted molar refractivity (Wildman–Crippen MR) is 39.5 cm³/mol. The maximum atomic E-state index is 10.6. The quantitative estimate of drug-likeness (QED) is 0.582. The smallest absolute Gasteiger partial charge is 0.132 e. The maximum absolute atomic E-state index is 10.6. The molecule has 2 nitrogen and oxygen atoms in total. The highest BCUT2D eigenvalue weighted by atomic mass is 16.1. The van der Waals surface area contributed by atoms with Crippen molar-refractivity contribution < 1.29 is 9.59 Å². The number of carbonyl (C=O) groups is 2. The maximum Gasteiger partial charge on any atom is 0.132 e. The van der Waals surface area contributed by atoms with Crippen LogP contribution in [0.5, 0.6) is 0 Å². The highest BCUT2D eigenvalue weighted by Gasteiger charge is 1.98. The lowest BCUT2D eigenvalue weighted by Crippen LogP contribution is -1.97. The fourth-order valence-electron chi connectivity index (χ4n) is 0.660. The highest BCUT2D eigenvalue weighted by molar-refractivity contribution is 5.80. The molecule has 0 unspecified atom stereocenters. The van der Waals surface area contributed by atoms with Crippen LogP contribution in [0.25, 0.3) is 0 Å². The molecule has 0 saturated heterocycles. The Bertz CT molecular complexity index is 127. The zero-order valence-corrected chi connectivity index (χ0v) is 6.35. The van der Waals surface area contributed by atoms with Crippen LogP contribution in [0.15, 0.2) is 0 Å². The van der Waals surface area contributed by atoms with Gasteiger partial charge in [0.25, 0.3) is 0 Å². The van der Waals surface area contributed by atoms with Crippen LogP contribution in [0, 0.1) is 6.92 Å². The Balaban J connectivity index is 3.20. The Hall–Kier alpha value is -0.660. The minimum atomic E-state index is 0.140. The van der Waals surface area contributed by atoms with E-state index in [0.29, 0.717) is 25.7 Å². The minimum Gasteiger partial charge on any atom is -0.300 e. The number of ketones is 2. The summed E-state index contributed by atoms with van der Waals surface area (Å²) in [5, 5.41) is 0. The third kappa shape index (κ3) is 5.48. The van der Waals surface area contributed by atoms with Gasteiger partial charge in [-0.1, -0.05) is 0 Å². The summed E-state index contributed by atoms with van der Waals surface area (Å²) < 4.78 is 0. The Morgan fingerprint density at radius 1 is 1.30 bits per heavy atom. The molecule has 0 saturated carbocycles. The van der Waals surface area contributed by atoms with Gasteiger partial charge in [0.05, 0.1) is 0 Å². The molecule has 0 aliphatic rings. The molecule has 0 aromatic rings. The van der Waals surface area contributed by atoms with Gasteiger partial charge in [-0.05, 0) is 20.3 Å². The van der Waals surface area contributed by atoms with Crippen LogP contribution < -0.4 is 0 Å². The Morgan fingerprint density at radius 2 is 1.90 bits per heavy atom. The molecule has 0 rings (SSSR count). The molecule has 0 aromatic heterocycles. The fraction of sp³-hybridized carbons (Fsp3) is 0.625. The molecule has 0 N–H and O–H groups in total. The van der Waals surface area contributed by atoms with Gasteiger partial charge in [0, 0.05) is 19.3 Å². The second kappa shape index (κ2) is 5.15. The number of hydrogen-bond donors (Lipinski definition) is 0. The van der Waals surface area contributed by atoms with E-state index in [1.165, 1.54) is 6.92 Å². The first-order chi connectivity index (χ1) is 4.66. The molecule has 0 heterocycles. The van der Waals surface area contributed by atoms with Crippen molar-refractivity contribution in [3.8, 4) is 0 Å². The third-order valence-corrected chi connectivity index (χ3v) is 1.26. The Morgan fingerprint density at radius 3 is 2.30 bits per heavy atom. The van der Waals surface area contributed by atoms with Crippen LogP contribution in [-0.4, -0.2) is 11.6 Å². The lowest BCUT2D eigenvalue weighted by atomic mass is 10.1. The first-order valence-electron chi connectivity index (χ1n) is 3.47. The Kier molecular flexibility index (Phi) is 4.81. The minimum absolute atomic E-state index is 0.140. The SMILES string of the molecule is [CH2]CC(=O)CCCC(C)=O. The summed E-state index contributed by atoms with van der Waals surface area (Å²) in [6, 6.07) is 0. The van der Waals surface area contributed by atoms with Gasteiger partial charge in [-0.25, -0.2) is 0 Å². The average Bonchev–Trinajstić information content (AvgIpc) is 1.87. The van der Waals surface area contributed by atoms with Crippen molar-refractivity contribution >= 4 is 11.6 Å². The van der Waals surface area contributed by atoms with Crippen molar-refractivity contribution in [1.29, 1.82) is 0 Å². The van der Waals surface area contributed by atoms with Crippen LogP contribution in [0.4, 0.5) is 0 Å². The van der Waals surface area contributed by atoms with E-state index in [9.17, 15) is 9.59 Å². The van der Waals surface area contributed by atoms with Crippen LogP contribution in [0.2, 0.25) is 0 Å². The van der Waals surface area contributed by atoms with Crippen LogP contribution >= 0.6 is 0 Å². The first-order valence-corrected chi connectivity index (χ1v) is 3.47. The molecule has 0 aliphatic heterocycles. The van der Waals surface area contributed by atoms with E-state index >= 15 is 0 Å². The number of carbonyl (C=O) groups excluding carboxylic acids is 2. The summed E-state index contributed by atoms with van der Waals surface area (Å²) in [7, 11) is 0. The van der Waals surface area contributed by atoms with E-state index in [0.717, 1.165) is 0 Å². The van der Waals surface area contributed by atoms with Gasteiger partial charge >= 0.3 is 0 Å². The molecule has 0 fully saturated rings. The van der Waals surface area contributed by atoms with Gasteiger partial charge in [-0.2, -0.15) is 0 Å². The summed E-state index contributed by atoms with van der Waals surface area (Å²) in [6.07, 6.45) is 2.05. The van der Waals surface area contributed by atoms with E-state index in [4.69, 9.17) is 0 Å². The van der Waals surface area contributed by atoms with Crippen molar-refractivity contribution in [1.82, 2.24) is 0 Å². The van der Waals surface area contributed by atoms with Gasteiger partial charge in [-0.3, -0.25) is 4.79 Å². The van der Waals surface area contributed by atoms with E-state index in [-0.39, 0.29) is 11.6 Å². The highest BCUT2D eigenvalue weighted by Crippen LogP contribution is 1.98.